The van der Waals surface area contributed by atoms with Crippen LogP contribution in [0.3, 0.4) is 0 Å². The standard InChI is InChI=1S/C17H35NO4Si.C6H15N/c1-22-23(2,3)15-11-9-7-5-4-6-8-10-12-16(19)18-14-13-17(20)21;1-4-7(5-2)6-3/h4-15H2,1-3H3,(H,18,19)(H,20,21);4-6H2,1-3H3. The first kappa shape index (κ1) is 31.3. The van der Waals surface area contributed by atoms with E-state index in [-0.39, 0.29) is 18.9 Å². The van der Waals surface area contributed by atoms with Gasteiger partial charge in [0.15, 0.2) is 8.32 Å². The van der Waals surface area contributed by atoms with Crippen LogP contribution in [0.4, 0.5) is 0 Å². The number of hydrogen-bond acceptors (Lipinski definition) is 4. The Kier molecular flexibility index (Phi) is 22.2. The molecule has 0 aromatic heterocycles. The van der Waals surface area contributed by atoms with Gasteiger partial charge in [0.2, 0.25) is 5.91 Å². The lowest BCUT2D eigenvalue weighted by Crippen LogP contribution is -2.27. The van der Waals surface area contributed by atoms with E-state index >= 15 is 0 Å². The van der Waals surface area contributed by atoms with Crippen LogP contribution in [0.15, 0.2) is 0 Å². The second-order valence-electron chi connectivity index (χ2n) is 8.41. The molecule has 2 N–H and O–H groups in total. The predicted molar refractivity (Wildman–Crippen MR) is 130 cm³/mol. The lowest BCUT2D eigenvalue weighted by molar-refractivity contribution is -0.136. The number of carboxylic acids is 1. The maximum Gasteiger partial charge on any atom is 0.305 e. The fourth-order valence-electron chi connectivity index (χ4n) is 3.07. The smallest absolute Gasteiger partial charge is 0.305 e. The second kappa shape index (κ2) is 21.3. The highest BCUT2D eigenvalue weighted by molar-refractivity contribution is 6.71. The Hall–Kier alpha value is -0.923. The van der Waals surface area contributed by atoms with Crippen molar-refractivity contribution < 1.29 is 19.1 Å². The summed E-state index contributed by atoms with van der Waals surface area (Å²) in [5.41, 5.74) is 0. The van der Waals surface area contributed by atoms with E-state index in [2.05, 4.69) is 44.1 Å². The first-order valence-corrected chi connectivity index (χ1v) is 15.1. The Labute approximate surface area is 187 Å². The van der Waals surface area contributed by atoms with Gasteiger partial charge >= 0.3 is 5.97 Å². The average Bonchev–Trinajstić information content (AvgIpc) is 2.71. The molecule has 1 amide bonds. The molecular formula is C23H50N2O4Si. The van der Waals surface area contributed by atoms with E-state index in [0.29, 0.717) is 6.42 Å². The number of rotatable bonds is 18. The van der Waals surface area contributed by atoms with Gasteiger partial charge in [-0.15, -0.1) is 0 Å². The molecule has 0 fully saturated rings. The van der Waals surface area contributed by atoms with Crippen molar-refractivity contribution in [3.63, 3.8) is 0 Å². The summed E-state index contributed by atoms with van der Waals surface area (Å²) in [7, 11) is 0.471. The van der Waals surface area contributed by atoms with Crippen molar-refractivity contribution in [1.82, 2.24) is 10.2 Å². The third kappa shape index (κ3) is 23.4. The van der Waals surface area contributed by atoms with E-state index in [1.165, 1.54) is 64.2 Å². The molecule has 0 aromatic rings. The van der Waals surface area contributed by atoms with Crippen molar-refractivity contribution in [2.75, 3.05) is 33.3 Å². The first-order chi connectivity index (χ1) is 14.2. The number of carbonyl (C=O) groups excluding carboxylic acids is 1. The Bertz CT molecular complexity index is 410. The molecule has 0 aliphatic carbocycles. The van der Waals surface area contributed by atoms with Crippen LogP contribution in [0, 0.1) is 0 Å². The van der Waals surface area contributed by atoms with Crippen molar-refractivity contribution in [1.29, 1.82) is 0 Å². The van der Waals surface area contributed by atoms with Crippen LogP contribution in [0.1, 0.15) is 85.0 Å². The molecule has 180 valence electrons. The van der Waals surface area contributed by atoms with E-state index in [4.69, 9.17) is 9.53 Å². The molecule has 6 nitrogen and oxygen atoms in total. The average molecular weight is 447 g/mol. The highest BCUT2D eigenvalue weighted by Gasteiger charge is 2.19. The van der Waals surface area contributed by atoms with Crippen molar-refractivity contribution in [2.24, 2.45) is 0 Å². The first-order valence-electron chi connectivity index (χ1n) is 12.0. The summed E-state index contributed by atoms with van der Waals surface area (Å²) in [5.74, 6) is -0.908. The maximum absolute atomic E-state index is 11.4. The van der Waals surface area contributed by atoms with Gasteiger partial charge in [0.25, 0.3) is 0 Å². The van der Waals surface area contributed by atoms with E-state index in [1.54, 1.807) is 0 Å². The third-order valence-corrected chi connectivity index (χ3v) is 8.15. The van der Waals surface area contributed by atoms with Crippen LogP contribution in [-0.2, 0) is 14.0 Å². The lowest BCUT2D eigenvalue weighted by Gasteiger charge is -2.19. The van der Waals surface area contributed by atoms with Crippen LogP contribution in [0.25, 0.3) is 0 Å². The number of aliphatic carboxylic acids is 1. The molecule has 0 heterocycles. The van der Waals surface area contributed by atoms with Gasteiger partial charge in [-0.25, -0.2) is 0 Å². The zero-order chi connectivity index (χ0) is 23.3. The molecule has 0 spiro atoms. The molecule has 0 radical (unpaired) electrons. The molecule has 0 aliphatic rings. The van der Waals surface area contributed by atoms with Crippen molar-refractivity contribution in [2.45, 2.75) is 104 Å². The monoisotopic (exact) mass is 446 g/mol. The Morgan fingerprint density at radius 1 is 0.833 bits per heavy atom. The Morgan fingerprint density at radius 3 is 1.70 bits per heavy atom. The fourth-order valence-corrected chi connectivity index (χ4v) is 4.37. The number of amides is 1. The molecular weight excluding hydrogens is 396 g/mol. The van der Waals surface area contributed by atoms with Crippen LogP contribution in [0.5, 0.6) is 0 Å². The highest BCUT2D eigenvalue weighted by Crippen LogP contribution is 2.16. The van der Waals surface area contributed by atoms with Gasteiger partial charge in [0.1, 0.15) is 0 Å². The van der Waals surface area contributed by atoms with E-state index in [0.717, 1.165) is 12.8 Å². The normalized spacial score (nSPS) is 11.2. The maximum atomic E-state index is 11.4. The molecule has 0 aromatic carbocycles. The molecule has 0 saturated heterocycles. The quantitative estimate of drug-likeness (QED) is 0.221. The van der Waals surface area contributed by atoms with Crippen molar-refractivity contribution in [3.8, 4) is 0 Å². The van der Waals surface area contributed by atoms with E-state index < -0.39 is 14.3 Å². The number of nitrogens with zero attached hydrogens (tertiary/aromatic N) is 1. The van der Waals surface area contributed by atoms with Gasteiger partial charge < -0.3 is 19.7 Å². The number of carboxylic acid groups (broad SMARTS) is 1. The molecule has 7 heteroatoms. The van der Waals surface area contributed by atoms with Crippen LogP contribution in [0.2, 0.25) is 19.1 Å². The summed E-state index contributed by atoms with van der Waals surface area (Å²) in [4.78, 5) is 24.1. The summed E-state index contributed by atoms with van der Waals surface area (Å²) in [6, 6.07) is 1.25. The van der Waals surface area contributed by atoms with Gasteiger partial charge in [-0.3, -0.25) is 9.59 Å². The Morgan fingerprint density at radius 2 is 1.30 bits per heavy atom. The van der Waals surface area contributed by atoms with Gasteiger partial charge in [-0.2, -0.15) is 0 Å². The number of nitrogens with one attached hydrogen (secondary N) is 1. The summed E-state index contributed by atoms with van der Waals surface area (Å²) in [6.45, 7) is 14.9. The van der Waals surface area contributed by atoms with E-state index in [9.17, 15) is 9.59 Å². The van der Waals surface area contributed by atoms with Gasteiger partial charge in [0, 0.05) is 20.1 Å². The van der Waals surface area contributed by atoms with Crippen LogP contribution < -0.4 is 5.32 Å². The molecule has 0 atom stereocenters. The largest absolute Gasteiger partial charge is 0.481 e. The summed E-state index contributed by atoms with van der Waals surface area (Å²) < 4.78 is 5.54. The minimum absolute atomic E-state index is 0.00417. The molecule has 0 saturated carbocycles. The zero-order valence-electron chi connectivity index (χ0n) is 20.7. The van der Waals surface area contributed by atoms with Gasteiger partial charge in [-0.05, 0) is 45.2 Å². The highest BCUT2D eigenvalue weighted by atomic mass is 28.4. The molecule has 0 rings (SSSR count). The molecule has 30 heavy (non-hydrogen) atoms. The second-order valence-corrected chi connectivity index (χ2v) is 12.8. The number of hydrogen-bond donors (Lipinski definition) is 2. The number of carbonyl (C=O) groups is 2. The minimum atomic E-state index is -1.36. The van der Waals surface area contributed by atoms with Gasteiger partial charge in [0.05, 0.1) is 6.42 Å². The number of unbranched alkanes of at least 4 members (excludes halogenated alkanes) is 7. The lowest BCUT2D eigenvalue weighted by atomic mass is 10.1. The van der Waals surface area contributed by atoms with Crippen molar-refractivity contribution in [3.05, 3.63) is 0 Å². The van der Waals surface area contributed by atoms with E-state index in [1.807, 2.05) is 7.11 Å². The summed E-state index contributed by atoms with van der Waals surface area (Å²) in [6.07, 6.45) is 10.1. The van der Waals surface area contributed by atoms with Gasteiger partial charge in [-0.1, -0.05) is 65.7 Å². The van der Waals surface area contributed by atoms with Crippen LogP contribution in [-0.4, -0.2) is 63.5 Å². The third-order valence-electron chi connectivity index (χ3n) is 5.49. The molecule has 0 bridgehead atoms. The topological polar surface area (TPSA) is 78.9 Å². The predicted octanol–water partition coefficient (Wildman–Crippen LogP) is 5.29. The zero-order valence-corrected chi connectivity index (χ0v) is 21.7. The van der Waals surface area contributed by atoms with Crippen molar-refractivity contribution >= 4 is 20.2 Å². The summed E-state index contributed by atoms with van der Waals surface area (Å²) >= 11 is 0. The Balaban J connectivity index is 0. The molecule has 0 unspecified atom stereocenters. The van der Waals surface area contributed by atoms with Crippen LogP contribution >= 0.6 is 0 Å². The minimum Gasteiger partial charge on any atom is -0.481 e. The fraction of sp³-hybridized carbons (Fsp3) is 0.913. The summed E-state index contributed by atoms with van der Waals surface area (Å²) in [5, 5.41) is 11.1. The SMILES string of the molecule is CCN(CC)CC.CO[Si](C)(C)CCCCCCCCCCC(=O)NCCC(=O)O. The molecule has 0 aliphatic heterocycles.